The average Bonchev–Trinajstić information content (AvgIpc) is 3.61. The Kier molecular flexibility index (Phi) is 4.31. The first-order valence-corrected chi connectivity index (χ1v) is 12.9. The lowest BCUT2D eigenvalue weighted by atomic mass is 9.95. The summed E-state index contributed by atoms with van der Waals surface area (Å²) in [6.45, 7) is 2.23. The number of nitrogens with zero attached hydrogens (tertiary/aromatic N) is 3. The van der Waals surface area contributed by atoms with Crippen molar-refractivity contribution < 1.29 is 4.57 Å². The standard InChI is InChI=1S/C30H32N3/c1-19-15-16-31-29-24-17-22(20-7-3-4-8-20)11-13-25(24)33-27-18-23(21-9-5-6-10-21)12-14-26(27)32(2)30(33)28(19)29/h11-18,20-21H,3-10H2,1-2H3/q+1. The van der Waals surface area contributed by atoms with Crippen molar-refractivity contribution in [3.8, 4) is 0 Å². The van der Waals surface area contributed by atoms with Crippen LogP contribution in [0.5, 0.6) is 0 Å². The molecule has 0 N–H and O–H groups in total. The van der Waals surface area contributed by atoms with Crippen molar-refractivity contribution in [1.82, 2.24) is 9.38 Å². The normalized spacial score (nSPS) is 18.0. The third-order valence-corrected chi connectivity index (χ3v) is 8.68. The number of fused-ring (bicyclic) bond motifs is 8. The Morgan fingerprint density at radius 2 is 1.48 bits per heavy atom. The zero-order valence-corrected chi connectivity index (χ0v) is 19.8. The van der Waals surface area contributed by atoms with Gasteiger partial charge < -0.3 is 0 Å². The number of aryl methyl sites for hydroxylation is 2. The SMILES string of the molecule is Cc1ccnc2c3cc(C4CCCC4)ccc3n3c4cc(C5CCCC5)ccc4[n+](C)c3c12. The lowest BCUT2D eigenvalue weighted by Crippen LogP contribution is -2.27. The smallest absolute Gasteiger partial charge is 0.255 e. The Bertz CT molecular complexity index is 1550. The van der Waals surface area contributed by atoms with E-state index in [1.165, 1.54) is 101 Å². The van der Waals surface area contributed by atoms with E-state index in [4.69, 9.17) is 4.98 Å². The molecule has 0 radical (unpaired) electrons. The molecule has 166 valence electrons. The Morgan fingerprint density at radius 3 is 2.21 bits per heavy atom. The van der Waals surface area contributed by atoms with Crippen LogP contribution in [0.2, 0.25) is 0 Å². The van der Waals surface area contributed by atoms with Gasteiger partial charge in [-0.25, -0.2) is 4.57 Å². The highest BCUT2D eigenvalue weighted by molar-refractivity contribution is 6.12. The van der Waals surface area contributed by atoms with Gasteiger partial charge in [0.15, 0.2) is 11.0 Å². The van der Waals surface area contributed by atoms with E-state index in [1.807, 2.05) is 6.20 Å². The summed E-state index contributed by atoms with van der Waals surface area (Å²) in [6.07, 6.45) is 12.8. The molecule has 2 aromatic carbocycles. The predicted molar refractivity (Wildman–Crippen MR) is 136 cm³/mol. The largest absolute Gasteiger partial charge is 0.297 e. The Morgan fingerprint density at radius 1 is 0.818 bits per heavy atom. The molecule has 0 amide bonds. The number of hydrogen-bond donors (Lipinski definition) is 0. The molecule has 0 saturated heterocycles. The van der Waals surface area contributed by atoms with Gasteiger partial charge in [0.25, 0.3) is 5.65 Å². The maximum atomic E-state index is 4.95. The van der Waals surface area contributed by atoms with Crippen LogP contribution < -0.4 is 4.57 Å². The predicted octanol–water partition coefficient (Wildman–Crippen LogP) is 7.24. The van der Waals surface area contributed by atoms with E-state index in [2.05, 4.69) is 65.4 Å². The van der Waals surface area contributed by atoms with Gasteiger partial charge in [-0.3, -0.25) is 4.98 Å². The lowest BCUT2D eigenvalue weighted by molar-refractivity contribution is -0.617. The summed E-state index contributed by atoms with van der Waals surface area (Å²) in [7, 11) is 2.22. The van der Waals surface area contributed by atoms with E-state index in [0.717, 1.165) is 5.52 Å². The van der Waals surface area contributed by atoms with Crippen molar-refractivity contribution in [1.29, 1.82) is 0 Å². The van der Waals surface area contributed by atoms with Crippen LogP contribution in [0.4, 0.5) is 0 Å². The van der Waals surface area contributed by atoms with Crippen LogP contribution >= 0.6 is 0 Å². The van der Waals surface area contributed by atoms with Gasteiger partial charge in [-0.05, 0) is 91.5 Å². The van der Waals surface area contributed by atoms with E-state index >= 15 is 0 Å². The molecule has 3 aromatic heterocycles. The van der Waals surface area contributed by atoms with Crippen molar-refractivity contribution in [2.24, 2.45) is 7.05 Å². The van der Waals surface area contributed by atoms with Gasteiger partial charge in [-0.2, -0.15) is 4.40 Å². The fourth-order valence-corrected chi connectivity index (χ4v) is 6.91. The van der Waals surface area contributed by atoms with Crippen molar-refractivity contribution in [2.75, 3.05) is 0 Å². The zero-order valence-electron chi connectivity index (χ0n) is 19.8. The third kappa shape index (κ3) is 2.81. The molecule has 0 unspecified atom stereocenters. The monoisotopic (exact) mass is 434 g/mol. The maximum absolute atomic E-state index is 4.95. The molecule has 3 heteroatoms. The van der Waals surface area contributed by atoms with Crippen LogP contribution in [0.15, 0.2) is 48.7 Å². The molecular formula is C30H32N3+. The van der Waals surface area contributed by atoms with Crippen molar-refractivity contribution in [2.45, 2.75) is 70.1 Å². The van der Waals surface area contributed by atoms with Crippen LogP contribution in [0.25, 0.3) is 38.5 Å². The van der Waals surface area contributed by atoms with Gasteiger partial charge in [-0.1, -0.05) is 37.8 Å². The third-order valence-electron chi connectivity index (χ3n) is 8.68. The van der Waals surface area contributed by atoms with Gasteiger partial charge in [0.1, 0.15) is 5.52 Å². The molecule has 0 atom stereocenters. The second-order valence-corrected chi connectivity index (χ2v) is 10.6. The maximum Gasteiger partial charge on any atom is 0.297 e. The molecule has 0 bridgehead atoms. The van der Waals surface area contributed by atoms with E-state index < -0.39 is 0 Å². The van der Waals surface area contributed by atoms with Crippen molar-refractivity contribution in [3.63, 3.8) is 0 Å². The number of rotatable bonds is 2. The summed E-state index contributed by atoms with van der Waals surface area (Å²) in [4.78, 5) is 4.95. The second kappa shape index (κ2) is 7.28. The van der Waals surface area contributed by atoms with Crippen LogP contribution in [0, 0.1) is 6.92 Å². The fraction of sp³-hybridized carbons (Fsp3) is 0.400. The molecule has 3 nitrogen and oxygen atoms in total. The molecule has 5 aromatic rings. The van der Waals surface area contributed by atoms with E-state index in [9.17, 15) is 0 Å². The molecule has 2 aliphatic carbocycles. The minimum Gasteiger partial charge on any atom is -0.255 e. The van der Waals surface area contributed by atoms with Crippen molar-refractivity contribution in [3.05, 3.63) is 65.4 Å². The summed E-state index contributed by atoms with van der Waals surface area (Å²) in [6, 6.07) is 16.6. The van der Waals surface area contributed by atoms with Gasteiger partial charge in [0.05, 0.1) is 18.0 Å². The summed E-state index contributed by atoms with van der Waals surface area (Å²) in [5.41, 5.74) is 10.6. The average molecular weight is 435 g/mol. The van der Waals surface area contributed by atoms with Crippen LogP contribution in [-0.2, 0) is 7.05 Å². The second-order valence-electron chi connectivity index (χ2n) is 10.6. The minimum absolute atomic E-state index is 0.705. The van der Waals surface area contributed by atoms with Crippen LogP contribution in [0.3, 0.4) is 0 Å². The van der Waals surface area contributed by atoms with Crippen LogP contribution in [-0.4, -0.2) is 9.38 Å². The Hall–Kier alpha value is -2.94. The summed E-state index contributed by atoms with van der Waals surface area (Å²) in [5, 5.41) is 2.59. The van der Waals surface area contributed by atoms with Gasteiger partial charge >= 0.3 is 0 Å². The Balaban J connectivity index is 1.63. The minimum atomic E-state index is 0.705. The number of benzene rings is 2. The molecule has 2 saturated carbocycles. The van der Waals surface area contributed by atoms with Gasteiger partial charge in [-0.15, -0.1) is 0 Å². The van der Waals surface area contributed by atoms with E-state index in [0.29, 0.717) is 11.8 Å². The molecule has 0 aliphatic heterocycles. The molecule has 7 rings (SSSR count). The summed E-state index contributed by atoms with van der Waals surface area (Å²) >= 11 is 0. The van der Waals surface area contributed by atoms with Crippen LogP contribution in [0.1, 0.15) is 79.9 Å². The summed E-state index contributed by atoms with van der Waals surface area (Å²) < 4.78 is 4.91. The first kappa shape index (κ1) is 19.5. The molecule has 0 spiro atoms. The first-order chi connectivity index (χ1) is 16.2. The zero-order chi connectivity index (χ0) is 22.1. The molecule has 3 heterocycles. The Labute approximate surface area is 195 Å². The van der Waals surface area contributed by atoms with Gasteiger partial charge in [0, 0.05) is 11.6 Å². The molecule has 33 heavy (non-hydrogen) atoms. The highest BCUT2D eigenvalue weighted by Crippen LogP contribution is 2.39. The topological polar surface area (TPSA) is 21.2 Å². The number of pyridine rings is 2. The molecule has 2 fully saturated rings. The highest BCUT2D eigenvalue weighted by Gasteiger charge is 2.27. The van der Waals surface area contributed by atoms with E-state index in [-0.39, 0.29) is 0 Å². The van der Waals surface area contributed by atoms with Gasteiger partial charge in [0.2, 0.25) is 0 Å². The number of aromatic nitrogens is 3. The lowest BCUT2D eigenvalue weighted by Gasteiger charge is -2.12. The van der Waals surface area contributed by atoms with E-state index in [1.54, 1.807) is 0 Å². The number of imidazole rings is 1. The summed E-state index contributed by atoms with van der Waals surface area (Å²) in [5.74, 6) is 1.42. The fourth-order valence-electron chi connectivity index (χ4n) is 6.91. The number of hydrogen-bond acceptors (Lipinski definition) is 1. The molecular weight excluding hydrogens is 402 g/mol. The highest BCUT2D eigenvalue weighted by atomic mass is 15.1. The van der Waals surface area contributed by atoms with Crippen molar-refractivity contribution >= 4 is 38.5 Å². The first-order valence-electron chi connectivity index (χ1n) is 12.9. The quantitative estimate of drug-likeness (QED) is 0.212. The molecule has 2 aliphatic rings.